The number of ether oxygens (including phenoxy) is 1. The maximum Gasteiger partial charge on any atom is 0.264 e. The molecule has 200 valence electrons. The minimum atomic E-state index is -4.24. The number of halogens is 2. The molecule has 0 aliphatic heterocycles. The van der Waals surface area contributed by atoms with Gasteiger partial charge in [-0.3, -0.25) is 13.9 Å². The van der Waals surface area contributed by atoms with Gasteiger partial charge in [0.25, 0.3) is 10.0 Å². The molecule has 0 radical (unpaired) electrons. The van der Waals surface area contributed by atoms with Crippen LogP contribution < -0.4 is 14.4 Å². The van der Waals surface area contributed by atoms with Crippen LogP contribution in [0, 0.1) is 6.92 Å². The summed E-state index contributed by atoms with van der Waals surface area (Å²) in [5.41, 5.74) is 1.70. The number of nitrogens with zero attached hydrogens (tertiary/aromatic N) is 1. The van der Waals surface area contributed by atoms with Crippen LogP contribution in [-0.2, 0) is 14.8 Å². The largest absolute Gasteiger partial charge is 0.495 e. The van der Waals surface area contributed by atoms with E-state index in [-0.39, 0.29) is 38.4 Å². The van der Waals surface area contributed by atoms with Crippen molar-refractivity contribution in [2.75, 3.05) is 23.3 Å². The Labute approximate surface area is 237 Å². The number of aryl methyl sites for hydroxylation is 1. The number of ketones is 1. The van der Waals surface area contributed by atoms with Crippen molar-refractivity contribution < 1.29 is 22.7 Å². The second-order valence-electron chi connectivity index (χ2n) is 8.57. The maximum atomic E-state index is 13.8. The Bertz CT molecular complexity index is 1630. The van der Waals surface area contributed by atoms with Gasteiger partial charge in [0.1, 0.15) is 12.3 Å². The van der Waals surface area contributed by atoms with Crippen LogP contribution in [-0.4, -0.2) is 33.8 Å². The molecular weight excluding hydrogens is 559 g/mol. The third-order valence-corrected chi connectivity index (χ3v) is 8.09. The third-order valence-electron chi connectivity index (χ3n) is 5.84. The molecule has 39 heavy (non-hydrogen) atoms. The van der Waals surface area contributed by atoms with Gasteiger partial charge in [-0.2, -0.15) is 0 Å². The minimum Gasteiger partial charge on any atom is -0.495 e. The van der Waals surface area contributed by atoms with Crippen molar-refractivity contribution >= 4 is 56.3 Å². The average molecular weight is 583 g/mol. The molecule has 0 aliphatic rings. The summed E-state index contributed by atoms with van der Waals surface area (Å²) < 4.78 is 33.9. The molecule has 4 aromatic rings. The van der Waals surface area contributed by atoms with Crippen LogP contribution in [0.25, 0.3) is 0 Å². The zero-order valence-corrected chi connectivity index (χ0v) is 23.3. The first kappa shape index (κ1) is 28.2. The monoisotopic (exact) mass is 582 g/mol. The summed E-state index contributed by atoms with van der Waals surface area (Å²) >= 11 is 12.4. The standard InChI is InChI=1S/C29H24Cl2N2O5S/c1-19-8-12-23(13-9-19)39(36,37)33(26-17-22(31)11-15-27(26)38-2)18-28(34)32-25-14-10-21(30)16-24(25)29(35)20-6-4-3-5-7-20/h3-17H,18H2,1-2H3,(H,32,34). The number of methoxy groups -OCH3 is 1. The zero-order valence-electron chi connectivity index (χ0n) is 21.0. The molecule has 0 aliphatic carbocycles. The summed E-state index contributed by atoms with van der Waals surface area (Å²) in [6.45, 7) is 1.20. The fourth-order valence-electron chi connectivity index (χ4n) is 3.87. The lowest BCUT2D eigenvalue weighted by Gasteiger charge is -2.26. The fourth-order valence-corrected chi connectivity index (χ4v) is 5.64. The predicted octanol–water partition coefficient (Wildman–Crippen LogP) is 6.38. The first-order valence-corrected chi connectivity index (χ1v) is 13.9. The second kappa shape index (κ2) is 11.9. The van der Waals surface area contributed by atoms with E-state index < -0.39 is 22.5 Å². The molecule has 0 saturated carbocycles. The van der Waals surface area contributed by atoms with Crippen molar-refractivity contribution in [1.29, 1.82) is 0 Å². The van der Waals surface area contributed by atoms with Gasteiger partial charge >= 0.3 is 0 Å². The maximum absolute atomic E-state index is 13.8. The smallest absolute Gasteiger partial charge is 0.264 e. The van der Waals surface area contributed by atoms with E-state index in [0.717, 1.165) is 9.87 Å². The molecule has 7 nitrogen and oxygen atoms in total. The van der Waals surface area contributed by atoms with Crippen LogP contribution in [0.1, 0.15) is 21.5 Å². The summed E-state index contributed by atoms with van der Waals surface area (Å²) in [5, 5.41) is 3.23. The van der Waals surface area contributed by atoms with Gasteiger partial charge in [-0.15, -0.1) is 0 Å². The van der Waals surface area contributed by atoms with Crippen LogP contribution in [0.2, 0.25) is 10.0 Å². The lowest BCUT2D eigenvalue weighted by atomic mass is 10.0. The van der Waals surface area contributed by atoms with Gasteiger partial charge in [-0.25, -0.2) is 8.42 Å². The number of amides is 1. The molecule has 0 bridgehead atoms. The van der Waals surface area contributed by atoms with Crippen molar-refractivity contribution in [3.63, 3.8) is 0 Å². The number of hydrogen-bond donors (Lipinski definition) is 1. The highest BCUT2D eigenvalue weighted by Gasteiger charge is 2.30. The van der Waals surface area contributed by atoms with E-state index in [1.165, 1.54) is 49.6 Å². The molecule has 0 aromatic heterocycles. The molecular formula is C29H24Cl2N2O5S. The van der Waals surface area contributed by atoms with E-state index in [2.05, 4.69) is 5.32 Å². The Morgan fingerprint density at radius 1 is 0.872 bits per heavy atom. The number of benzene rings is 4. The number of anilines is 2. The van der Waals surface area contributed by atoms with Crippen molar-refractivity contribution in [3.05, 3.63) is 118 Å². The molecule has 10 heteroatoms. The van der Waals surface area contributed by atoms with Gasteiger partial charge < -0.3 is 10.1 Å². The number of nitrogens with one attached hydrogen (secondary N) is 1. The molecule has 1 amide bonds. The highest BCUT2D eigenvalue weighted by molar-refractivity contribution is 7.92. The molecule has 0 atom stereocenters. The molecule has 0 spiro atoms. The highest BCUT2D eigenvalue weighted by Crippen LogP contribution is 2.35. The fraction of sp³-hybridized carbons (Fsp3) is 0.103. The number of rotatable bonds is 9. The van der Waals surface area contributed by atoms with Crippen LogP contribution in [0.5, 0.6) is 5.75 Å². The Morgan fingerprint density at radius 2 is 1.51 bits per heavy atom. The van der Waals surface area contributed by atoms with Gasteiger partial charge in [-0.1, -0.05) is 71.2 Å². The Kier molecular flexibility index (Phi) is 8.60. The predicted molar refractivity (Wildman–Crippen MR) is 154 cm³/mol. The minimum absolute atomic E-state index is 0.0191. The molecule has 0 fully saturated rings. The molecule has 4 aromatic carbocycles. The summed E-state index contributed by atoms with van der Waals surface area (Å²) in [6, 6.07) is 23.7. The van der Waals surface area contributed by atoms with Gasteiger partial charge in [0.05, 0.1) is 23.4 Å². The van der Waals surface area contributed by atoms with Gasteiger partial charge in [0.2, 0.25) is 5.91 Å². The number of sulfonamides is 1. The first-order chi connectivity index (χ1) is 18.6. The quantitative estimate of drug-likeness (QED) is 0.231. The molecule has 1 N–H and O–H groups in total. The molecule has 0 heterocycles. The van der Waals surface area contributed by atoms with Crippen molar-refractivity contribution in [3.8, 4) is 5.75 Å². The number of carbonyl (C=O) groups is 2. The van der Waals surface area contributed by atoms with Crippen LogP contribution >= 0.6 is 23.2 Å². The number of carbonyl (C=O) groups excluding carboxylic acids is 2. The summed E-state index contributed by atoms with van der Waals surface area (Å²) in [5.74, 6) is -0.847. The number of hydrogen-bond acceptors (Lipinski definition) is 5. The van der Waals surface area contributed by atoms with Gasteiger partial charge in [0.15, 0.2) is 5.78 Å². The molecule has 4 rings (SSSR count). The van der Waals surface area contributed by atoms with Crippen LogP contribution in [0.3, 0.4) is 0 Å². The van der Waals surface area contributed by atoms with E-state index in [1.54, 1.807) is 48.5 Å². The Balaban J connectivity index is 1.72. The van der Waals surface area contributed by atoms with Crippen molar-refractivity contribution in [1.82, 2.24) is 0 Å². The summed E-state index contributed by atoms with van der Waals surface area (Å²) in [7, 11) is -2.85. The van der Waals surface area contributed by atoms with E-state index in [9.17, 15) is 18.0 Å². The topological polar surface area (TPSA) is 92.8 Å². The molecule has 0 unspecified atom stereocenters. The normalized spacial score (nSPS) is 11.1. The first-order valence-electron chi connectivity index (χ1n) is 11.7. The third kappa shape index (κ3) is 6.42. The Hall–Kier alpha value is -3.85. The van der Waals surface area contributed by atoms with E-state index in [0.29, 0.717) is 10.6 Å². The average Bonchev–Trinajstić information content (AvgIpc) is 2.93. The lowest BCUT2D eigenvalue weighted by Crippen LogP contribution is -2.38. The SMILES string of the molecule is COc1ccc(Cl)cc1N(CC(=O)Nc1ccc(Cl)cc1C(=O)c1ccccc1)S(=O)(=O)c1ccc(C)cc1. The van der Waals surface area contributed by atoms with Gasteiger partial charge in [-0.05, 0) is 55.5 Å². The van der Waals surface area contributed by atoms with Crippen molar-refractivity contribution in [2.24, 2.45) is 0 Å². The van der Waals surface area contributed by atoms with Gasteiger partial charge in [0, 0.05) is 21.2 Å². The van der Waals surface area contributed by atoms with E-state index in [1.807, 2.05) is 6.92 Å². The summed E-state index contributed by atoms with van der Waals surface area (Å²) in [4.78, 5) is 26.5. The van der Waals surface area contributed by atoms with Crippen LogP contribution in [0.15, 0.2) is 95.9 Å². The Morgan fingerprint density at radius 3 is 2.18 bits per heavy atom. The van der Waals surface area contributed by atoms with Crippen molar-refractivity contribution in [2.45, 2.75) is 11.8 Å². The lowest BCUT2D eigenvalue weighted by molar-refractivity contribution is -0.114. The van der Waals surface area contributed by atoms with E-state index >= 15 is 0 Å². The highest BCUT2D eigenvalue weighted by atomic mass is 35.5. The molecule has 0 saturated heterocycles. The van der Waals surface area contributed by atoms with Crippen LogP contribution in [0.4, 0.5) is 11.4 Å². The zero-order chi connectivity index (χ0) is 28.2. The van der Waals surface area contributed by atoms with E-state index in [4.69, 9.17) is 27.9 Å². The second-order valence-corrected chi connectivity index (χ2v) is 11.3. The summed E-state index contributed by atoms with van der Waals surface area (Å²) in [6.07, 6.45) is 0.